The zero-order valence-electron chi connectivity index (χ0n) is 18.9. The van der Waals surface area contributed by atoms with Crippen LogP contribution in [0.1, 0.15) is 17.3 Å². The molecular weight excluding hydrogens is 503 g/mol. The van der Waals surface area contributed by atoms with Crippen molar-refractivity contribution in [1.82, 2.24) is 15.0 Å². The molecule has 0 fully saturated rings. The lowest BCUT2D eigenvalue weighted by Gasteiger charge is -2.22. The van der Waals surface area contributed by atoms with Crippen LogP contribution < -0.4 is 10.8 Å². The van der Waals surface area contributed by atoms with Crippen molar-refractivity contribution in [2.75, 3.05) is 18.6 Å². The summed E-state index contributed by atoms with van der Waals surface area (Å²) in [6.07, 6.45) is -1.66. The summed E-state index contributed by atoms with van der Waals surface area (Å²) in [5.41, 5.74) is 0.603. The normalized spacial score (nSPS) is 12.8. The van der Waals surface area contributed by atoms with Gasteiger partial charge in [-0.05, 0) is 38.5 Å². The van der Waals surface area contributed by atoms with Gasteiger partial charge >= 0.3 is 0 Å². The molecule has 0 aliphatic carbocycles. The molecule has 0 saturated heterocycles. The number of aromatic nitrogens is 3. The number of pyridine rings is 3. The molecule has 5 nitrogen and oxygen atoms in total. The standard InChI is InChI=1S/C24H20ClF4N4OP/c1-12-19(25)23(33-21(24(28)29)14-6-4-5-7-15(14)26)22-17(31-12)10-16(27)20(32-22)13-8-9-18(30-11-13)35(2,3)34/h4-11,21,24H,1-3H3,(H,31,33)/t21-/m1/s1. The second-order valence-corrected chi connectivity index (χ2v) is 11.8. The Morgan fingerprint density at radius 2 is 1.74 bits per heavy atom. The number of hydrogen-bond donors (Lipinski definition) is 1. The van der Waals surface area contributed by atoms with Crippen molar-refractivity contribution in [3.05, 3.63) is 76.6 Å². The van der Waals surface area contributed by atoms with E-state index in [9.17, 15) is 17.7 Å². The van der Waals surface area contributed by atoms with Gasteiger partial charge < -0.3 is 9.88 Å². The van der Waals surface area contributed by atoms with Crippen LogP contribution in [-0.4, -0.2) is 34.7 Å². The van der Waals surface area contributed by atoms with Crippen LogP contribution in [0.5, 0.6) is 0 Å². The molecule has 3 heterocycles. The SMILES string of the molecule is Cc1nc2cc(F)c(-c3ccc(P(C)(C)=O)nc3)nc2c(N[C@H](c2ccccc2F)C(F)F)c1Cl. The molecule has 1 aromatic carbocycles. The summed E-state index contributed by atoms with van der Waals surface area (Å²) in [7, 11) is -2.62. The molecule has 4 aromatic rings. The first kappa shape index (κ1) is 25.1. The highest BCUT2D eigenvalue weighted by Crippen LogP contribution is 2.38. The Balaban J connectivity index is 1.88. The molecule has 0 bridgehead atoms. The highest BCUT2D eigenvalue weighted by molar-refractivity contribution is 7.69. The predicted octanol–water partition coefficient (Wildman–Crippen LogP) is 6.60. The molecule has 0 spiro atoms. The first-order chi connectivity index (χ1) is 16.5. The van der Waals surface area contributed by atoms with Gasteiger partial charge in [-0.25, -0.2) is 27.5 Å². The number of anilines is 1. The van der Waals surface area contributed by atoms with Gasteiger partial charge in [-0.2, -0.15) is 0 Å². The third-order valence-corrected chi connectivity index (χ3v) is 7.21. The van der Waals surface area contributed by atoms with Gasteiger partial charge in [0.25, 0.3) is 6.43 Å². The maximum Gasteiger partial charge on any atom is 0.262 e. The van der Waals surface area contributed by atoms with E-state index < -0.39 is 31.2 Å². The Hall–Kier alpha value is -3.03. The Labute approximate surface area is 204 Å². The number of rotatable bonds is 6. The largest absolute Gasteiger partial charge is 0.370 e. The Morgan fingerprint density at radius 3 is 2.34 bits per heavy atom. The third-order valence-electron chi connectivity index (χ3n) is 5.38. The van der Waals surface area contributed by atoms with Crippen LogP contribution in [0.2, 0.25) is 5.02 Å². The first-order valence-corrected chi connectivity index (χ1v) is 13.4. The van der Waals surface area contributed by atoms with Crippen LogP contribution in [0, 0.1) is 18.6 Å². The Morgan fingerprint density at radius 1 is 1.03 bits per heavy atom. The minimum Gasteiger partial charge on any atom is -0.370 e. The van der Waals surface area contributed by atoms with Crippen LogP contribution in [0.4, 0.5) is 23.2 Å². The van der Waals surface area contributed by atoms with Crippen molar-refractivity contribution in [3.8, 4) is 11.3 Å². The number of fused-ring (bicyclic) bond motifs is 1. The lowest BCUT2D eigenvalue weighted by Crippen LogP contribution is -2.21. The van der Waals surface area contributed by atoms with Crippen LogP contribution >= 0.6 is 18.7 Å². The van der Waals surface area contributed by atoms with Gasteiger partial charge in [0.05, 0.1) is 27.4 Å². The number of alkyl halides is 2. The van der Waals surface area contributed by atoms with Crippen LogP contribution in [0.3, 0.4) is 0 Å². The fourth-order valence-electron chi connectivity index (χ4n) is 3.60. The molecule has 11 heteroatoms. The highest BCUT2D eigenvalue weighted by Gasteiger charge is 2.28. The van der Waals surface area contributed by atoms with E-state index in [-0.39, 0.29) is 44.3 Å². The van der Waals surface area contributed by atoms with E-state index in [0.29, 0.717) is 5.44 Å². The second kappa shape index (κ2) is 9.55. The van der Waals surface area contributed by atoms with Gasteiger partial charge in [0.1, 0.15) is 30.2 Å². The van der Waals surface area contributed by atoms with Crippen molar-refractivity contribution in [3.63, 3.8) is 0 Å². The van der Waals surface area contributed by atoms with Crippen molar-refractivity contribution in [2.45, 2.75) is 19.4 Å². The van der Waals surface area contributed by atoms with Crippen molar-refractivity contribution >= 4 is 40.9 Å². The minimum absolute atomic E-state index is 0.00377. The average molecular weight is 523 g/mol. The zero-order valence-corrected chi connectivity index (χ0v) is 20.5. The molecule has 0 amide bonds. The molecule has 0 unspecified atom stereocenters. The molecule has 3 aromatic heterocycles. The smallest absolute Gasteiger partial charge is 0.262 e. The third kappa shape index (κ3) is 5.02. The fourth-order valence-corrected chi connectivity index (χ4v) is 4.56. The number of nitrogens with one attached hydrogen (secondary N) is 1. The summed E-state index contributed by atoms with van der Waals surface area (Å²) in [6, 6.07) is 7.58. The van der Waals surface area contributed by atoms with E-state index in [1.807, 2.05) is 0 Å². The maximum atomic E-state index is 15.0. The quantitative estimate of drug-likeness (QED) is 0.228. The topological polar surface area (TPSA) is 67.8 Å². The van der Waals surface area contributed by atoms with Gasteiger partial charge in [-0.3, -0.25) is 4.98 Å². The van der Waals surface area contributed by atoms with Crippen molar-refractivity contribution in [1.29, 1.82) is 0 Å². The van der Waals surface area contributed by atoms with E-state index >= 15 is 4.39 Å². The Bertz CT molecular complexity index is 1460. The number of benzene rings is 1. The summed E-state index contributed by atoms with van der Waals surface area (Å²) >= 11 is 6.42. The lowest BCUT2D eigenvalue weighted by molar-refractivity contribution is 0.123. The van der Waals surface area contributed by atoms with Crippen LogP contribution in [0.25, 0.3) is 22.3 Å². The monoisotopic (exact) mass is 522 g/mol. The zero-order chi connectivity index (χ0) is 25.5. The van der Waals surface area contributed by atoms with Crippen molar-refractivity contribution < 1.29 is 22.1 Å². The van der Waals surface area contributed by atoms with E-state index in [0.717, 1.165) is 12.1 Å². The molecule has 1 atom stereocenters. The van der Waals surface area contributed by atoms with Crippen LogP contribution in [0.15, 0.2) is 48.7 Å². The highest BCUT2D eigenvalue weighted by atomic mass is 35.5. The number of halogens is 5. The van der Waals surface area contributed by atoms with E-state index in [4.69, 9.17) is 11.6 Å². The van der Waals surface area contributed by atoms with Gasteiger partial charge in [0.15, 0.2) is 5.82 Å². The first-order valence-electron chi connectivity index (χ1n) is 10.4. The molecule has 0 aliphatic rings. The molecule has 182 valence electrons. The molecule has 0 aliphatic heterocycles. The molecule has 35 heavy (non-hydrogen) atoms. The summed E-state index contributed by atoms with van der Waals surface area (Å²) < 4.78 is 69.6. The second-order valence-electron chi connectivity index (χ2n) is 8.31. The lowest BCUT2D eigenvalue weighted by atomic mass is 10.1. The molecule has 0 radical (unpaired) electrons. The van der Waals surface area contributed by atoms with Gasteiger partial charge in [-0.15, -0.1) is 0 Å². The molecule has 4 rings (SSSR count). The van der Waals surface area contributed by atoms with Gasteiger partial charge in [0, 0.05) is 23.4 Å². The number of aryl methyl sites for hydroxylation is 1. The van der Waals surface area contributed by atoms with E-state index in [2.05, 4.69) is 20.3 Å². The van der Waals surface area contributed by atoms with E-state index in [1.165, 1.54) is 43.5 Å². The predicted molar refractivity (Wildman–Crippen MR) is 130 cm³/mol. The van der Waals surface area contributed by atoms with Crippen molar-refractivity contribution in [2.24, 2.45) is 0 Å². The van der Waals surface area contributed by atoms with E-state index in [1.54, 1.807) is 13.3 Å². The number of hydrogen-bond acceptors (Lipinski definition) is 5. The average Bonchev–Trinajstić information content (AvgIpc) is 2.79. The maximum absolute atomic E-state index is 15.0. The summed E-state index contributed by atoms with van der Waals surface area (Å²) in [6.45, 7) is 4.66. The summed E-state index contributed by atoms with van der Waals surface area (Å²) in [5.74, 6) is -1.53. The number of nitrogens with zero attached hydrogens (tertiary/aromatic N) is 3. The minimum atomic E-state index is -3.00. The fraction of sp³-hybridized carbons (Fsp3) is 0.208. The molecular formula is C24H20ClF4N4OP. The molecule has 0 saturated carbocycles. The van der Waals surface area contributed by atoms with Gasteiger partial charge in [-0.1, -0.05) is 29.8 Å². The summed E-state index contributed by atoms with van der Waals surface area (Å²) in [4.78, 5) is 12.7. The molecule has 1 N–H and O–H groups in total. The van der Waals surface area contributed by atoms with Crippen LogP contribution in [-0.2, 0) is 4.57 Å². The van der Waals surface area contributed by atoms with Gasteiger partial charge in [0.2, 0.25) is 0 Å². The Kier molecular flexibility index (Phi) is 6.84. The summed E-state index contributed by atoms with van der Waals surface area (Å²) in [5, 5.41) is 2.61.